The molecule has 0 aliphatic rings. The highest BCUT2D eigenvalue weighted by Gasteiger charge is 2.18. The third-order valence-corrected chi connectivity index (χ3v) is 5.37. The Kier molecular flexibility index (Phi) is 4.82. The van der Waals surface area contributed by atoms with E-state index in [2.05, 4.69) is 4.98 Å². The van der Waals surface area contributed by atoms with Gasteiger partial charge >= 0.3 is 5.69 Å². The predicted molar refractivity (Wildman–Crippen MR) is 100 cm³/mol. The average molecular weight is 376 g/mol. The summed E-state index contributed by atoms with van der Waals surface area (Å²) in [5.74, 6) is 1.98. The molecule has 0 spiro atoms. The molecule has 0 saturated heterocycles. The molecule has 138 valence electrons. The fourth-order valence-electron chi connectivity index (χ4n) is 2.83. The number of rotatable bonds is 5. The first-order chi connectivity index (χ1) is 12.4. The Hall–Kier alpha value is -2.68. The van der Waals surface area contributed by atoms with Crippen LogP contribution in [0.25, 0.3) is 11.2 Å². The van der Waals surface area contributed by atoms with Crippen LogP contribution in [0, 0.1) is 0 Å². The first-order valence-corrected chi connectivity index (χ1v) is 8.84. The third-order valence-electron chi connectivity index (χ3n) is 4.31. The summed E-state index contributed by atoms with van der Waals surface area (Å²) in [4.78, 5) is 29.1. The number of thioether (sulfide) groups is 1. The maximum absolute atomic E-state index is 12.5. The molecule has 0 amide bonds. The van der Waals surface area contributed by atoms with Gasteiger partial charge in [-0.15, -0.1) is 0 Å². The van der Waals surface area contributed by atoms with Gasteiger partial charge < -0.3 is 14.0 Å². The summed E-state index contributed by atoms with van der Waals surface area (Å²) in [7, 11) is 8.05. The molecule has 2 heterocycles. The van der Waals surface area contributed by atoms with E-state index < -0.39 is 5.69 Å². The lowest BCUT2D eigenvalue weighted by molar-refractivity contribution is 0.388. The molecule has 0 unspecified atom stereocenters. The van der Waals surface area contributed by atoms with Gasteiger partial charge in [0.05, 0.1) is 14.2 Å². The van der Waals surface area contributed by atoms with E-state index in [0.717, 1.165) is 21.6 Å². The minimum absolute atomic E-state index is 0.361. The highest BCUT2D eigenvalue weighted by molar-refractivity contribution is 7.98. The molecular formula is C17H20N4O4S. The van der Waals surface area contributed by atoms with Gasteiger partial charge in [-0.25, -0.2) is 9.78 Å². The molecule has 2 aromatic heterocycles. The summed E-state index contributed by atoms with van der Waals surface area (Å²) in [6, 6.07) is 5.60. The van der Waals surface area contributed by atoms with Gasteiger partial charge in [-0.05, 0) is 12.1 Å². The van der Waals surface area contributed by atoms with Crippen LogP contribution in [-0.2, 0) is 26.9 Å². The molecule has 0 fully saturated rings. The zero-order valence-corrected chi connectivity index (χ0v) is 16.1. The highest BCUT2D eigenvalue weighted by atomic mass is 32.2. The van der Waals surface area contributed by atoms with Gasteiger partial charge in [0.15, 0.2) is 16.3 Å². The van der Waals surface area contributed by atoms with Crippen LogP contribution in [0.4, 0.5) is 0 Å². The van der Waals surface area contributed by atoms with Gasteiger partial charge in [-0.1, -0.05) is 17.8 Å². The van der Waals surface area contributed by atoms with E-state index >= 15 is 0 Å². The van der Waals surface area contributed by atoms with E-state index in [0.29, 0.717) is 22.1 Å². The van der Waals surface area contributed by atoms with Crippen molar-refractivity contribution in [2.24, 2.45) is 21.1 Å². The lowest BCUT2D eigenvalue weighted by Crippen LogP contribution is -2.37. The Morgan fingerprint density at radius 1 is 1.00 bits per heavy atom. The normalized spacial score (nSPS) is 11.1. The molecule has 0 aliphatic carbocycles. The van der Waals surface area contributed by atoms with Gasteiger partial charge in [0.25, 0.3) is 5.56 Å². The van der Waals surface area contributed by atoms with Gasteiger partial charge in [-0.2, -0.15) is 0 Å². The standard InChI is InChI=1S/C17H20N4O4S/c1-19-13-14(20(2)17(23)21(3)15(13)22)18-16(19)26-9-10-11(24-4)7-6-8-12(10)25-5/h6-8H,9H2,1-5H3. The summed E-state index contributed by atoms with van der Waals surface area (Å²) >= 11 is 1.44. The van der Waals surface area contributed by atoms with Crippen LogP contribution in [0.3, 0.4) is 0 Å². The second-order valence-corrected chi connectivity index (χ2v) is 6.70. The van der Waals surface area contributed by atoms with Crippen LogP contribution < -0.4 is 20.7 Å². The number of hydrogen-bond acceptors (Lipinski definition) is 6. The monoisotopic (exact) mass is 376 g/mol. The lowest BCUT2D eigenvalue weighted by atomic mass is 10.2. The van der Waals surface area contributed by atoms with Crippen molar-refractivity contribution in [3.05, 3.63) is 44.6 Å². The summed E-state index contributed by atoms with van der Waals surface area (Å²) in [6.07, 6.45) is 0. The zero-order valence-electron chi connectivity index (χ0n) is 15.3. The number of aryl methyl sites for hydroxylation is 2. The largest absolute Gasteiger partial charge is 0.496 e. The molecular weight excluding hydrogens is 356 g/mol. The first kappa shape index (κ1) is 18.1. The first-order valence-electron chi connectivity index (χ1n) is 7.85. The maximum Gasteiger partial charge on any atom is 0.332 e. The van der Waals surface area contributed by atoms with Crippen molar-refractivity contribution in [2.45, 2.75) is 10.9 Å². The molecule has 0 radical (unpaired) electrons. The molecule has 0 N–H and O–H groups in total. The van der Waals surface area contributed by atoms with Crippen LogP contribution in [0.1, 0.15) is 5.56 Å². The average Bonchev–Trinajstić information content (AvgIpc) is 2.99. The van der Waals surface area contributed by atoms with Crippen LogP contribution >= 0.6 is 11.8 Å². The van der Waals surface area contributed by atoms with E-state index in [9.17, 15) is 9.59 Å². The Balaban J connectivity index is 2.06. The number of imidazole rings is 1. The van der Waals surface area contributed by atoms with Crippen molar-refractivity contribution in [1.82, 2.24) is 18.7 Å². The Bertz CT molecular complexity index is 1070. The Morgan fingerprint density at radius 2 is 1.62 bits per heavy atom. The van der Waals surface area contributed by atoms with Gasteiger partial charge in [0, 0.05) is 32.5 Å². The smallest absolute Gasteiger partial charge is 0.332 e. The summed E-state index contributed by atoms with van der Waals surface area (Å²) in [5, 5.41) is 0.631. The summed E-state index contributed by atoms with van der Waals surface area (Å²) < 4.78 is 15.0. The van der Waals surface area contributed by atoms with Crippen LogP contribution in [0.15, 0.2) is 32.9 Å². The maximum atomic E-state index is 12.5. The third kappa shape index (κ3) is 2.78. The fraction of sp³-hybridized carbons (Fsp3) is 0.353. The van der Waals surface area contributed by atoms with Crippen molar-refractivity contribution in [3.8, 4) is 11.5 Å². The van der Waals surface area contributed by atoms with Crippen molar-refractivity contribution in [3.63, 3.8) is 0 Å². The lowest BCUT2D eigenvalue weighted by Gasteiger charge is -2.12. The van der Waals surface area contributed by atoms with Crippen molar-refractivity contribution in [2.75, 3.05) is 14.2 Å². The number of methoxy groups -OCH3 is 2. The number of fused-ring (bicyclic) bond motifs is 1. The molecule has 3 rings (SSSR count). The van der Waals surface area contributed by atoms with Crippen molar-refractivity contribution >= 4 is 22.9 Å². The molecule has 0 aliphatic heterocycles. The Morgan fingerprint density at radius 3 is 2.19 bits per heavy atom. The molecule has 8 nitrogen and oxygen atoms in total. The van der Waals surface area contributed by atoms with Crippen LogP contribution in [0.5, 0.6) is 11.5 Å². The van der Waals surface area contributed by atoms with Crippen molar-refractivity contribution in [1.29, 1.82) is 0 Å². The number of benzene rings is 1. The highest BCUT2D eigenvalue weighted by Crippen LogP contribution is 2.34. The number of ether oxygens (including phenoxy) is 2. The molecule has 0 bridgehead atoms. The SMILES string of the molecule is COc1cccc(OC)c1CSc1nc2c(c(=O)n(C)c(=O)n2C)n1C. The minimum Gasteiger partial charge on any atom is -0.496 e. The van der Waals surface area contributed by atoms with E-state index in [1.807, 2.05) is 18.2 Å². The van der Waals surface area contributed by atoms with Crippen molar-refractivity contribution < 1.29 is 9.47 Å². The van der Waals surface area contributed by atoms with E-state index in [4.69, 9.17) is 9.47 Å². The molecule has 9 heteroatoms. The predicted octanol–water partition coefficient (Wildman–Crippen LogP) is 1.28. The second kappa shape index (κ2) is 6.91. The second-order valence-electron chi connectivity index (χ2n) is 5.76. The summed E-state index contributed by atoms with van der Waals surface area (Å²) in [5.41, 5.74) is 0.902. The molecule has 3 aromatic rings. The molecule has 1 aromatic carbocycles. The van der Waals surface area contributed by atoms with Gasteiger partial charge in [0.1, 0.15) is 11.5 Å². The molecule has 26 heavy (non-hydrogen) atoms. The van der Waals surface area contributed by atoms with Gasteiger partial charge in [0.2, 0.25) is 0 Å². The van der Waals surface area contributed by atoms with E-state index in [-0.39, 0.29) is 5.56 Å². The fourth-order valence-corrected chi connectivity index (χ4v) is 3.83. The minimum atomic E-state index is -0.399. The number of hydrogen-bond donors (Lipinski definition) is 0. The van der Waals surface area contributed by atoms with E-state index in [1.165, 1.54) is 23.4 Å². The quantitative estimate of drug-likeness (QED) is 0.624. The van der Waals surface area contributed by atoms with Crippen LogP contribution in [-0.4, -0.2) is 32.9 Å². The van der Waals surface area contributed by atoms with Gasteiger partial charge in [-0.3, -0.25) is 13.9 Å². The van der Waals surface area contributed by atoms with E-state index in [1.54, 1.807) is 32.9 Å². The zero-order chi connectivity index (χ0) is 19.0. The van der Waals surface area contributed by atoms with Crippen LogP contribution in [0.2, 0.25) is 0 Å². The molecule has 0 atom stereocenters. The number of nitrogens with zero attached hydrogens (tertiary/aromatic N) is 4. The Labute approximate surface area is 154 Å². The summed E-state index contributed by atoms with van der Waals surface area (Å²) in [6.45, 7) is 0. The number of aromatic nitrogens is 4. The molecule has 0 saturated carbocycles. The topological polar surface area (TPSA) is 80.3 Å².